The molecular formula is C22H44. The summed E-state index contributed by atoms with van der Waals surface area (Å²) in [6.45, 7) is 6.95. The van der Waals surface area contributed by atoms with E-state index in [1.165, 1.54) is 103 Å². The molecule has 0 nitrogen and oxygen atoms in total. The van der Waals surface area contributed by atoms with Crippen molar-refractivity contribution in [2.75, 3.05) is 0 Å². The quantitative estimate of drug-likeness (QED) is 0.187. The van der Waals surface area contributed by atoms with Crippen molar-refractivity contribution in [2.24, 2.45) is 5.92 Å². The molecule has 0 fully saturated rings. The van der Waals surface area contributed by atoms with Crippen LogP contribution in [-0.4, -0.2) is 0 Å². The van der Waals surface area contributed by atoms with Gasteiger partial charge in [0.15, 0.2) is 0 Å². The van der Waals surface area contributed by atoms with Gasteiger partial charge in [-0.2, -0.15) is 0 Å². The van der Waals surface area contributed by atoms with Crippen molar-refractivity contribution in [3.63, 3.8) is 0 Å². The van der Waals surface area contributed by atoms with Crippen LogP contribution in [0.15, 0.2) is 12.2 Å². The van der Waals surface area contributed by atoms with Crippen LogP contribution in [0.25, 0.3) is 0 Å². The minimum absolute atomic E-state index is 0.892. The largest absolute Gasteiger partial charge is 0.0885 e. The molecular weight excluding hydrogens is 264 g/mol. The Morgan fingerprint density at radius 2 is 0.955 bits per heavy atom. The molecule has 0 aliphatic heterocycles. The van der Waals surface area contributed by atoms with Crippen molar-refractivity contribution in [3.8, 4) is 0 Å². The van der Waals surface area contributed by atoms with Gasteiger partial charge in [-0.05, 0) is 31.6 Å². The number of hydrogen-bond acceptors (Lipinski definition) is 0. The Balaban J connectivity index is 3.05. The van der Waals surface area contributed by atoms with Crippen LogP contribution >= 0.6 is 0 Å². The summed E-state index contributed by atoms with van der Waals surface area (Å²) >= 11 is 0. The molecule has 0 amide bonds. The van der Waals surface area contributed by atoms with E-state index in [1.807, 2.05) is 0 Å². The molecule has 0 aromatic carbocycles. The molecule has 0 radical (unpaired) electrons. The Bertz CT molecular complexity index is 214. The standard InChI is InChI=1S/C22H44/c1-4-5-6-7-8-9-10-11-12-13-14-15-16-17-18-19-20-21-22(2)3/h11-12,22H,4-10,13-21H2,1-3H3. The second kappa shape index (κ2) is 18.8. The predicted octanol–water partition coefficient (Wildman–Crippen LogP) is 8.46. The van der Waals surface area contributed by atoms with Crippen molar-refractivity contribution in [2.45, 2.75) is 124 Å². The highest BCUT2D eigenvalue weighted by atomic mass is 14.0. The average molecular weight is 309 g/mol. The maximum atomic E-state index is 2.43. The molecule has 0 aliphatic rings. The second-order valence-corrected chi connectivity index (χ2v) is 7.47. The van der Waals surface area contributed by atoms with E-state index < -0.39 is 0 Å². The summed E-state index contributed by atoms with van der Waals surface area (Å²) in [7, 11) is 0. The molecule has 0 rings (SSSR count). The maximum absolute atomic E-state index is 2.43. The molecule has 0 N–H and O–H groups in total. The van der Waals surface area contributed by atoms with E-state index in [9.17, 15) is 0 Å². The minimum atomic E-state index is 0.892. The monoisotopic (exact) mass is 308 g/mol. The molecule has 0 aromatic rings. The lowest BCUT2D eigenvalue weighted by atomic mass is 10.0. The molecule has 0 heteroatoms. The van der Waals surface area contributed by atoms with Gasteiger partial charge in [-0.1, -0.05) is 110 Å². The molecule has 0 saturated carbocycles. The van der Waals surface area contributed by atoms with Gasteiger partial charge in [-0.15, -0.1) is 0 Å². The zero-order valence-corrected chi connectivity index (χ0v) is 16.0. The molecule has 0 unspecified atom stereocenters. The zero-order valence-electron chi connectivity index (χ0n) is 16.0. The van der Waals surface area contributed by atoms with Gasteiger partial charge in [0, 0.05) is 0 Å². The van der Waals surface area contributed by atoms with Crippen molar-refractivity contribution < 1.29 is 0 Å². The van der Waals surface area contributed by atoms with Crippen LogP contribution in [0.4, 0.5) is 0 Å². The first kappa shape index (κ1) is 21.7. The number of hydrogen-bond donors (Lipinski definition) is 0. The Labute approximate surface area is 142 Å². The van der Waals surface area contributed by atoms with Crippen molar-refractivity contribution in [1.82, 2.24) is 0 Å². The highest BCUT2D eigenvalue weighted by molar-refractivity contribution is 4.81. The highest BCUT2D eigenvalue weighted by Crippen LogP contribution is 2.13. The highest BCUT2D eigenvalue weighted by Gasteiger charge is 1.94. The normalized spacial score (nSPS) is 11.8. The summed E-state index contributed by atoms with van der Waals surface area (Å²) < 4.78 is 0. The van der Waals surface area contributed by atoms with Crippen LogP contribution in [0.2, 0.25) is 0 Å². The molecule has 132 valence electrons. The SMILES string of the molecule is CCCCCCCCC=CCCCCCCCCCC(C)C. The van der Waals surface area contributed by atoms with Crippen LogP contribution in [-0.2, 0) is 0 Å². The van der Waals surface area contributed by atoms with Crippen molar-refractivity contribution >= 4 is 0 Å². The summed E-state index contributed by atoms with van der Waals surface area (Å²) in [5.74, 6) is 0.892. The van der Waals surface area contributed by atoms with Gasteiger partial charge >= 0.3 is 0 Å². The first-order chi connectivity index (χ1) is 10.8. The Hall–Kier alpha value is -0.260. The predicted molar refractivity (Wildman–Crippen MR) is 104 cm³/mol. The summed E-state index contributed by atoms with van der Waals surface area (Å²) in [5.41, 5.74) is 0. The van der Waals surface area contributed by atoms with Crippen LogP contribution in [0.3, 0.4) is 0 Å². The van der Waals surface area contributed by atoms with E-state index in [0.717, 1.165) is 5.92 Å². The smallest absolute Gasteiger partial charge is 0.0351 e. The summed E-state index contributed by atoms with van der Waals surface area (Å²) in [4.78, 5) is 0. The molecule has 0 heterocycles. The molecule has 0 aliphatic carbocycles. The first-order valence-electron chi connectivity index (χ1n) is 10.4. The van der Waals surface area contributed by atoms with E-state index in [0.29, 0.717) is 0 Å². The van der Waals surface area contributed by atoms with Gasteiger partial charge in [0.2, 0.25) is 0 Å². The number of unbranched alkanes of at least 4 members (excludes halogenated alkanes) is 13. The number of allylic oxidation sites excluding steroid dienone is 2. The molecule has 0 saturated heterocycles. The Morgan fingerprint density at radius 3 is 1.41 bits per heavy atom. The second-order valence-electron chi connectivity index (χ2n) is 7.47. The fraction of sp³-hybridized carbons (Fsp3) is 0.909. The van der Waals surface area contributed by atoms with Gasteiger partial charge in [-0.3, -0.25) is 0 Å². The van der Waals surface area contributed by atoms with Gasteiger partial charge in [-0.25, -0.2) is 0 Å². The molecule has 0 spiro atoms. The van der Waals surface area contributed by atoms with Crippen molar-refractivity contribution in [1.29, 1.82) is 0 Å². The zero-order chi connectivity index (χ0) is 16.3. The molecule has 0 bridgehead atoms. The van der Waals surface area contributed by atoms with E-state index in [2.05, 4.69) is 32.9 Å². The fourth-order valence-electron chi connectivity index (χ4n) is 2.98. The van der Waals surface area contributed by atoms with E-state index >= 15 is 0 Å². The van der Waals surface area contributed by atoms with Crippen LogP contribution in [0.5, 0.6) is 0 Å². The summed E-state index contributed by atoms with van der Waals surface area (Å²) in [5, 5.41) is 0. The Morgan fingerprint density at radius 1 is 0.545 bits per heavy atom. The van der Waals surface area contributed by atoms with Crippen LogP contribution < -0.4 is 0 Å². The molecule has 0 aromatic heterocycles. The third-order valence-electron chi connectivity index (χ3n) is 4.54. The van der Waals surface area contributed by atoms with Gasteiger partial charge < -0.3 is 0 Å². The lowest BCUT2D eigenvalue weighted by Crippen LogP contribution is -1.87. The van der Waals surface area contributed by atoms with Crippen LogP contribution in [0.1, 0.15) is 124 Å². The topological polar surface area (TPSA) is 0 Å². The first-order valence-corrected chi connectivity index (χ1v) is 10.4. The van der Waals surface area contributed by atoms with E-state index in [1.54, 1.807) is 0 Å². The molecule has 0 atom stereocenters. The minimum Gasteiger partial charge on any atom is -0.0885 e. The average Bonchev–Trinajstić information content (AvgIpc) is 2.50. The van der Waals surface area contributed by atoms with Crippen molar-refractivity contribution in [3.05, 3.63) is 12.2 Å². The van der Waals surface area contributed by atoms with Crippen LogP contribution in [0, 0.1) is 5.92 Å². The van der Waals surface area contributed by atoms with Gasteiger partial charge in [0.1, 0.15) is 0 Å². The number of rotatable bonds is 17. The summed E-state index contributed by atoms with van der Waals surface area (Å²) in [6.07, 6.45) is 27.5. The summed E-state index contributed by atoms with van der Waals surface area (Å²) in [6, 6.07) is 0. The van der Waals surface area contributed by atoms with Gasteiger partial charge in [0.05, 0.1) is 0 Å². The lowest BCUT2D eigenvalue weighted by Gasteiger charge is -2.04. The fourth-order valence-corrected chi connectivity index (χ4v) is 2.98. The van der Waals surface area contributed by atoms with E-state index in [4.69, 9.17) is 0 Å². The molecule has 22 heavy (non-hydrogen) atoms. The Kier molecular flexibility index (Phi) is 18.6. The third-order valence-corrected chi connectivity index (χ3v) is 4.54. The lowest BCUT2D eigenvalue weighted by molar-refractivity contribution is 0.509. The van der Waals surface area contributed by atoms with E-state index in [-0.39, 0.29) is 0 Å². The maximum Gasteiger partial charge on any atom is -0.0351 e. The third kappa shape index (κ3) is 19.7. The van der Waals surface area contributed by atoms with Gasteiger partial charge in [0.25, 0.3) is 0 Å².